The van der Waals surface area contributed by atoms with Gasteiger partial charge in [-0.05, 0) is 52.7 Å². The number of hydrogen-bond donors (Lipinski definition) is 0. The van der Waals surface area contributed by atoms with Gasteiger partial charge in [-0.1, -0.05) is 11.3 Å². The van der Waals surface area contributed by atoms with E-state index in [1.807, 2.05) is 4.90 Å². The second-order valence-corrected chi connectivity index (χ2v) is 11.0. The molecule has 0 saturated carbocycles. The van der Waals surface area contributed by atoms with Crippen LogP contribution in [0.2, 0.25) is 0 Å². The van der Waals surface area contributed by atoms with Gasteiger partial charge in [0.25, 0.3) is 0 Å². The number of nitrogens with zero attached hydrogens (tertiary/aromatic N) is 2. The van der Waals surface area contributed by atoms with Crippen molar-refractivity contribution in [1.82, 2.24) is 4.98 Å². The number of aromatic nitrogens is 1. The summed E-state index contributed by atoms with van der Waals surface area (Å²) >= 11 is 0.993. The summed E-state index contributed by atoms with van der Waals surface area (Å²) in [4.78, 5) is 19.1. The molecule has 0 radical (unpaired) electrons. The lowest BCUT2D eigenvalue weighted by Crippen LogP contribution is -2.36. The number of fused-ring (bicyclic) bond motifs is 1. The number of ether oxygens (including phenoxy) is 2. The van der Waals surface area contributed by atoms with E-state index in [0.717, 1.165) is 30.8 Å². The molecule has 1 fully saturated rings. The minimum Gasteiger partial charge on any atom is -0.464 e. The van der Waals surface area contributed by atoms with Crippen molar-refractivity contribution in [2.45, 2.75) is 58.3 Å². The largest absolute Gasteiger partial charge is 0.534 e. The van der Waals surface area contributed by atoms with Crippen LogP contribution in [-0.2, 0) is 24.4 Å². The summed E-state index contributed by atoms with van der Waals surface area (Å²) in [5.41, 5.74) is -6.21. The second-order valence-electron chi connectivity index (χ2n) is 8.47. The predicted molar refractivity (Wildman–Crippen MR) is 117 cm³/mol. The van der Waals surface area contributed by atoms with Gasteiger partial charge >= 0.3 is 21.6 Å². The third-order valence-electron chi connectivity index (χ3n) is 4.71. The second kappa shape index (κ2) is 8.91. The maximum absolute atomic E-state index is 13.2. The fourth-order valence-electron chi connectivity index (χ4n) is 3.17. The predicted octanol–water partition coefficient (Wildman–Crippen LogP) is 4.46. The van der Waals surface area contributed by atoms with Gasteiger partial charge in [-0.15, -0.1) is 0 Å². The fraction of sp³-hybridized carbons (Fsp3) is 0.600. The van der Waals surface area contributed by atoms with Crippen LogP contribution >= 0.6 is 11.3 Å². The van der Waals surface area contributed by atoms with Crippen molar-refractivity contribution in [3.8, 4) is 5.75 Å². The van der Waals surface area contributed by atoms with Crippen LogP contribution in [0.5, 0.6) is 5.75 Å². The Morgan fingerprint density at radius 3 is 2.39 bits per heavy atom. The van der Waals surface area contributed by atoms with Gasteiger partial charge in [0, 0.05) is 18.7 Å². The van der Waals surface area contributed by atoms with E-state index in [2.05, 4.69) is 9.17 Å². The number of halogens is 3. The molecule has 0 bridgehead atoms. The molecule has 1 aliphatic rings. The number of carbonyl (C=O) groups is 1. The molecule has 1 aromatic heterocycles. The number of thiazole rings is 1. The van der Waals surface area contributed by atoms with Crippen LogP contribution in [0.15, 0.2) is 6.07 Å². The average molecular weight is 511 g/mol. The fourth-order valence-corrected chi connectivity index (χ4v) is 4.80. The average Bonchev–Trinajstić information content (AvgIpc) is 3.00. The minimum atomic E-state index is -6.04. The first-order chi connectivity index (χ1) is 15.1. The highest BCUT2D eigenvalue weighted by molar-refractivity contribution is 7.88. The zero-order valence-corrected chi connectivity index (χ0v) is 20.4. The smallest absolute Gasteiger partial charge is 0.464 e. The summed E-state index contributed by atoms with van der Waals surface area (Å²) in [5, 5.41) is 0.520. The van der Waals surface area contributed by atoms with Crippen LogP contribution < -0.4 is 9.08 Å². The Kier molecular flexibility index (Phi) is 6.89. The SMILES string of the molecule is CCOC(=O)[C@@H](OC(C)(C)C)c1c(C)cc2nc(N3CCC3)sc2c1OS(=O)(=O)C(F)(F)F. The Bertz CT molecular complexity index is 1150. The Hall–Kier alpha value is -2.12. The molecule has 3 rings (SSSR count). The maximum atomic E-state index is 13.2. The molecule has 1 atom stereocenters. The van der Waals surface area contributed by atoms with Crippen molar-refractivity contribution in [3.63, 3.8) is 0 Å². The van der Waals surface area contributed by atoms with Crippen LogP contribution in [0, 0.1) is 6.92 Å². The molecule has 33 heavy (non-hydrogen) atoms. The number of aryl methyl sites for hydroxylation is 1. The zero-order chi connectivity index (χ0) is 24.8. The molecule has 0 spiro atoms. The first-order valence-electron chi connectivity index (χ1n) is 10.2. The highest BCUT2D eigenvalue weighted by Crippen LogP contribution is 2.46. The van der Waals surface area contributed by atoms with E-state index >= 15 is 0 Å². The quantitative estimate of drug-likeness (QED) is 0.306. The Balaban J connectivity index is 2.29. The summed E-state index contributed by atoms with van der Waals surface area (Å²) in [6.45, 7) is 9.46. The first kappa shape index (κ1) is 25.5. The van der Waals surface area contributed by atoms with Crippen molar-refractivity contribution in [1.29, 1.82) is 0 Å². The molecule has 2 heterocycles. The van der Waals surface area contributed by atoms with Gasteiger partial charge in [-0.2, -0.15) is 21.6 Å². The molecular weight excluding hydrogens is 485 g/mol. The van der Waals surface area contributed by atoms with Crippen LogP contribution in [0.1, 0.15) is 51.3 Å². The normalized spacial score (nSPS) is 15.9. The molecule has 13 heteroatoms. The van der Waals surface area contributed by atoms with E-state index in [9.17, 15) is 26.4 Å². The van der Waals surface area contributed by atoms with Crippen molar-refractivity contribution in [2.75, 3.05) is 24.6 Å². The summed E-state index contributed by atoms with van der Waals surface area (Å²) < 4.78 is 79.4. The molecule has 0 unspecified atom stereocenters. The first-order valence-corrected chi connectivity index (χ1v) is 12.4. The zero-order valence-electron chi connectivity index (χ0n) is 18.8. The van der Waals surface area contributed by atoms with Gasteiger partial charge in [-0.3, -0.25) is 0 Å². The number of alkyl halides is 3. The standard InChI is InChI=1S/C20H25F3N2O6S2/c1-6-29-17(26)15(30-19(3,4)5)13-11(2)10-12-16(32-18(24-12)25-8-7-9-25)14(13)31-33(27,28)20(21,22)23/h10,15H,6-9H2,1-5H3/t15-/m0/s1. The molecule has 0 N–H and O–H groups in total. The van der Waals surface area contributed by atoms with E-state index in [0.29, 0.717) is 5.13 Å². The summed E-state index contributed by atoms with van der Waals surface area (Å²) in [6, 6.07) is 1.57. The summed E-state index contributed by atoms with van der Waals surface area (Å²) in [7, 11) is -6.04. The molecule has 2 aromatic rings. The number of hydrogen-bond acceptors (Lipinski definition) is 9. The summed E-state index contributed by atoms with van der Waals surface area (Å²) in [6.07, 6.45) is -0.585. The van der Waals surface area contributed by atoms with E-state index in [1.54, 1.807) is 33.8 Å². The lowest BCUT2D eigenvalue weighted by atomic mass is 10.0. The highest BCUT2D eigenvalue weighted by Gasteiger charge is 2.50. The molecule has 8 nitrogen and oxygen atoms in total. The highest BCUT2D eigenvalue weighted by atomic mass is 32.2. The third kappa shape index (κ3) is 5.35. The van der Waals surface area contributed by atoms with Gasteiger partial charge in [0.15, 0.2) is 17.0 Å². The van der Waals surface area contributed by atoms with Gasteiger partial charge in [0.2, 0.25) is 0 Å². The van der Waals surface area contributed by atoms with Gasteiger partial charge < -0.3 is 18.6 Å². The Labute approximate surface area is 193 Å². The number of benzene rings is 1. The van der Waals surface area contributed by atoms with Gasteiger partial charge in [-0.25, -0.2) is 9.78 Å². The van der Waals surface area contributed by atoms with Crippen LogP contribution in [-0.4, -0.2) is 50.2 Å². The lowest BCUT2D eigenvalue weighted by molar-refractivity contribution is -0.167. The molecule has 1 saturated heterocycles. The molecule has 1 aliphatic heterocycles. The molecule has 0 aliphatic carbocycles. The van der Waals surface area contributed by atoms with Crippen molar-refractivity contribution in [2.24, 2.45) is 0 Å². The van der Waals surface area contributed by atoms with Crippen molar-refractivity contribution < 1.29 is 40.0 Å². The lowest BCUT2D eigenvalue weighted by Gasteiger charge is -2.30. The van der Waals surface area contributed by atoms with E-state index in [1.165, 1.54) is 6.92 Å². The molecular formula is C20H25F3N2O6S2. The minimum absolute atomic E-state index is 0.0131. The Morgan fingerprint density at radius 1 is 1.27 bits per heavy atom. The third-order valence-corrected chi connectivity index (χ3v) is 6.79. The monoisotopic (exact) mass is 510 g/mol. The van der Waals surface area contributed by atoms with E-state index in [-0.39, 0.29) is 28.0 Å². The van der Waals surface area contributed by atoms with Gasteiger partial charge in [0.1, 0.15) is 4.70 Å². The van der Waals surface area contributed by atoms with Crippen molar-refractivity contribution in [3.05, 3.63) is 17.2 Å². The number of carbonyl (C=O) groups excluding carboxylic acids is 1. The summed E-state index contributed by atoms with van der Waals surface area (Å²) in [5.74, 6) is -1.51. The Morgan fingerprint density at radius 2 is 1.91 bits per heavy atom. The number of anilines is 1. The number of esters is 1. The van der Waals surface area contributed by atoms with Crippen LogP contribution in [0.25, 0.3) is 10.2 Å². The van der Waals surface area contributed by atoms with E-state index in [4.69, 9.17) is 9.47 Å². The topological polar surface area (TPSA) is 95.0 Å². The number of rotatable bonds is 7. The van der Waals surface area contributed by atoms with Crippen LogP contribution in [0.4, 0.5) is 18.3 Å². The molecule has 1 aromatic carbocycles. The maximum Gasteiger partial charge on any atom is 0.534 e. The molecule has 0 amide bonds. The van der Waals surface area contributed by atoms with Gasteiger partial charge in [0.05, 0.1) is 17.7 Å². The van der Waals surface area contributed by atoms with Crippen LogP contribution in [0.3, 0.4) is 0 Å². The van der Waals surface area contributed by atoms with Crippen molar-refractivity contribution >= 4 is 42.8 Å². The van der Waals surface area contributed by atoms with E-state index < -0.39 is 39.1 Å². The molecule has 184 valence electrons.